The van der Waals surface area contributed by atoms with Crippen molar-refractivity contribution in [3.8, 4) is 0 Å². The predicted molar refractivity (Wildman–Crippen MR) is 69.9 cm³/mol. The molecule has 7 heteroatoms. The molecule has 0 aromatic carbocycles. The molecule has 1 rings (SSSR count). The molecule has 0 bridgehead atoms. The molecule has 1 fully saturated rings. The van der Waals surface area contributed by atoms with Gasteiger partial charge in [0.05, 0.1) is 6.10 Å². The normalized spacial score (nSPS) is 23.9. The number of carboxylic acids is 1. The van der Waals surface area contributed by atoms with Crippen molar-refractivity contribution >= 4 is 23.8 Å². The third kappa shape index (κ3) is 4.73. The molecule has 1 aliphatic rings. The van der Waals surface area contributed by atoms with Gasteiger partial charge in [0.2, 0.25) is 0 Å². The van der Waals surface area contributed by atoms with Crippen LogP contribution in [-0.4, -0.2) is 54.4 Å². The fourth-order valence-electron chi connectivity index (χ4n) is 1.75. The van der Waals surface area contributed by atoms with E-state index in [2.05, 4.69) is 10.6 Å². The Balaban J connectivity index is 2.26. The average molecular weight is 276 g/mol. The Labute approximate surface area is 111 Å². The SMILES string of the molecule is COC1CC(NC(=O)NC(CCSC)C(=O)O)C1. The summed E-state index contributed by atoms with van der Waals surface area (Å²) in [6.45, 7) is 0. The maximum Gasteiger partial charge on any atom is 0.326 e. The zero-order chi connectivity index (χ0) is 13.5. The molecule has 1 saturated carbocycles. The van der Waals surface area contributed by atoms with Gasteiger partial charge in [-0.25, -0.2) is 9.59 Å². The number of carbonyl (C=O) groups excluding carboxylic acids is 1. The number of carboxylic acid groups (broad SMARTS) is 1. The van der Waals surface area contributed by atoms with Crippen LogP contribution in [0.2, 0.25) is 0 Å². The van der Waals surface area contributed by atoms with E-state index >= 15 is 0 Å². The molecule has 0 aromatic rings. The van der Waals surface area contributed by atoms with Crippen LogP contribution in [0, 0.1) is 0 Å². The third-order valence-corrected chi connectivity index (χ3v) is 3.62. The van der Waals surface area contributed by atoms with Gasteiger partial charge in [0, 0.05) is 13.2 Å². The number of nitrogens with one attached hydrogen (secondary N) is 2. The highest BCUT2D eigenvalue weighted by Crippen LogP contribution is 2.22. The van der Waals surface area contributed by atoms with Crippen LogP contribution in [-0.2, 0) is 9.53 Å². The first kappa shape index (κ1) is 15.1. The minimum atomic E-state index is -0.998. The van der Waals surface area contributed by atoms with Crippen molar-refractivity contribution in [1.82, 2.24) is 10.6 Å². The summed E-state index contributed by atoms with van der Waals surface area (Å²) in [5, 5.41) is 14.2. The van der Waals surface area contributed by atoms with Crippen molar-refractivity contribution in [3.63, 3.8) is 0 Å². The number of aliphatic carboxylic acids is 1. The number of ether oxygens (including phenoxy) is 1. The van der Waals surface area contributed by atoms with Gasteiger partial charge in [-0.05, 0) is 31.3 Å². The van der Waals surface area contributed by atoms with Gasteiger partial charge >= 0.3 is 12.0 Å². The van der Waals surface area contributed by atoms with Gasteiger partial charge in [-0.15, -0.1) is 0 Å². The Kier molecular flexibility index (Phi) is 6.28. The summed E-state index contributed by atoms with van der Waals surface area (Å²) in [4.78, 5) is 22.5. The van der Waals surface area contributed by atoms with Crippen molar-refractivity contribution in [2.75, 3.05) is 19.1 Å². The molecule has 1 aliphatic carbocycles. The van der Waals surface area contributed by atoms with Crippen LogP contribution < -0.4 is 10.6 Å². The van der Waals surface area contributed by atoms with Gasteiger partial charge in [-0.3, -0.25) is 0 Å². The monoisotopic (exact) mass is 276 g/mol. The summed E-state index contributed by atoms with van der Waals surface area (Å²) in [6.07, 6.45) is 4.11. The second-order valence-electron chi connectivity index (χ2n) is 4.32. The van der Waals surface area contributed by atoms with E-state index in [1.165, 1.54) is 0 Å². The average Bonchev–Trinajstić information content (AvgIpc) is 2.28. The fourth-order valence-corrected chi connectivity index (χ4v) is 2.23. The first-order valence-corrected chi connectivity index (χ1v) is 7.27. The number of amides is 2. The molecule has 2 amide bonds. The second-order valence-corrected chi connectivity index (χ2v) is 5.30. The zero-order valence-electron chi connectivity index (χ0n) is 10.6. The molecular weight excluding hydrogens is 256 g/mol. The summed E-state index contributed by atoms with van der Waals surface area (Å²) in [7, 11) is 1.64. The van der Waals surface area contributed by atoms with Gasteiger partial charge in [-0.2, -0.15) is 11.8 Å². The number of rotatable bonds is 7. The van der Waals surface area contributed by atoms with E-state index in [9.17, 15) is 9.59 Å². The summed E-state index contributed by atoms with van der Waals surface area (Å²) < 4.78 is 5.10. The smallest absolute Gasteiger partial charge is 0.326 e. The van der Waals surface area contributed by atoms with Gasteiger partial charge < -0.3 is 20.5 Å². The quantitative estimate of drug-likeness (QED) is 0.636. The maximum absolute atomic E-state index is 11.6. The number of urea groups is 1. The van der Waals surface area contributed by atoms with Crippen LogP contribution >= 0.6 is 11.8 Å². The summed E-state index contributed by atoms with van der Waals surface area (Å²) in [5.74, 6) is -0.297. The van der Waals surface area contributed by atoms with Gasteiger partial charge in [0.25, 0.3) is 0 Å². The molecule has 0 aliphatic heterocycles. The number of methoxy groups -OCH3 is 1. The molecule has 0 heterocycles. The van der Waals surface area contributed by atoms with E-state index in [1.54, 1.807) is 18.9 Å². The highest BCUT2D eigenvalue weighted by molar-refractivity contribution is 7.98. The summed E-state index contributed by atoms with van der Waals surface area (Å²) >= 11 is 1.56. The maximum atomic E-state index is 11.6. The summed E-state index contributed by atoms with van der Waals surface area (Å²) in [5.41, 5.74) is 0. The van der Waals surface area contributed by atoms with Crippen LogP contribution in [0.1, 0.15) is 19.3 Å². The largest absolute Gasteiger partial charge is 0.480 e. The minimum Gasteiger partial charge on any atom is -0.480 e. The Hall–Kier alpha value is -0.950. The Morgan fingerprint density at radius 3 is 2.67 bits per heavy atom. The van der Waals surface area contributed by atoms with Crippen molar-refractivity contribution in [1.29, 1.82) is 0 Å². The predicted octanol–water partition coefficient (Wildman–Crippen LogP) is 0.669. The minimum absolute atomic E-state index is 0.0879. The molecule has 6 nitrogen and oxygen atoms in total. The van der Waals surface area contributed by atoms with Crippen LogP contribution in [0.25, 0.3) is 0 Å². The molecule has 3 N–H and O–H groups in total. The van der Waals surface area contributed by atoms with Crippen molar-refractivity contribution < 1.29 is 19.4 Å². The molecule has 104 valence electrons. The van der Waals surface area contributed by atoms with E-state index < -0.39 is 18.0 Å². The molecule has 0 radical (unpaired) electrons. The van der Waals surface area contributed by atoms with E-state index in [0.29, 0.717) is 12.2 Å². The first-order chi connectivity index (χ1) is 8.56. The van der Waals surface area contributed by atoms with Crippen LogP contribution in [0.15, 0.2) is 0 Å². The van der Waals surface area contributed by atoms with Gasteiger partial charge in [0.15, 0.2) is 0 Å². The lowest BCUT2D eigenvalue weighted by molar-refractivity contribution is -0.139. The van der Waals surface area contributed by atoms with E-state index in [4.69, 9.17) is 9.84 Å². The van der Waals surface area contributed by atoms with Crippen molar-refractivity contribution in [2.45, 2.75) is 37.5 Å². The molecular formula is C11H20N2O4S. The van der Waals surface area contributed by atoms with Crippen LogP contribution in [0.5, 0.6) is 0 Å². The Morgan fingerprint density at radius 2 is 2.17 bits per heavy atom. The second kappa shape index (κ2) is 7.48. The van der Waals surface area contributed by atoms with Crippen LogP contribution in [0.3, 0.4) is 0 Å². The lowest BCUT2D eigenvalue weighted by atomic mass is 9.89. The number of hydrogen-bond acceptors (Lipinski definition) is 4. The lowest BCUT2D eigenvalue weighted by Gasteiger charge is -2.34. The van der Waals surface area contributed by atoms with Crippen LogP contribution in [0.4, 0.5) is 4.79 Å². The third-order valence-electron chi connectivity index (χ3n) is 2.98. The van der Waals surface area contributed by atoms with Gasteiger partial charge in [-0.1, -0.05) is 0 Å². The lowest BCUT2D eigenvalue weighted by Crippen LogP contribution is -2.53. The van der Waals surface area contributed by atoms with Crippen molar-refractivity contribution in [3.05, 3.63) is 0 Å². The topological polar surface area (TPSA) is 87.7 Å². The molecule has 0 saturated heterocycles. The number of thioether (sulfide) groups is 1. The molecule has 18 heavy (non-hydrogen) atoms. The first-order valence-electron chi connectivity index (χ1n) is 5.88. The van der Waals surface area contributed by atoms with Crippen molar-refractivity contribution in [2.24, 2.45) is 0 Å². The van der Waals surface area contributed by atoms with E-state index in [-0.39, 0.29) is 12.1 Å². The van der Waals surface area contributed by atoms with Gasteiger partial charge in [0.1, 0.15) is 6.04 Å². The number of carbonyl (C=O) groups is 2. The molecule has 0 spiro atoms. The molecule has 1 atom stereocenters. The zero-order valence-corrected chi connectivity index (χ0v) is 11.5. The highest BCUT2D eigenvalue weighted by atomic mass is 32.2. The molecule has 1 unspecified atom stereocenters. The Morgan fingerprint density at radius 1 is 1.50 bits per heavy atom. The highest BCUT2D eigenvalue weighted by Gasteiger charge is 2.31. The standard InChI is InChI=1S/C11H20N2O4S/c1-17-8-5-7(6-8)12-11(16)13-9(10(14)15)3-4-18-2/h7-9H,3-6H2,1-2H3,(H,14,15)(H2,12,13,16). The fraction of sp³-hybridized carbons (Fsp3) is 0.818. The Bertz CT molecular complexity index is 295. The van der Waals surface area contributed by atoms with E-state index in [1.807, 2.05) is 6.26 Å². The van der Waals surface area contributed by atoms with E-state index in [0.717, 1.165) is 12.8 Å². The summed E-state index contributed by atoms with van der Waals surface area (Å²) in [6, 6.07) is -1.15. The molecule has 0 aromatic heterocycles. The number of hydrogen-bond donors (Lipinski definition) is 3.